The highest BCUT2D eigenvalue weighted by Gasteiger charge is 2.06. The van der Waals surface area contributed by atoms with E-state index in [1.807, 2.05) is 24.4 Å². The summed E-state index contributed by atoms with van der Waals surface area (Å²) in [6.45, 7) is -0.505. The number of nitrogens with two attached hydrogens (primary N) is 1. The van der Waals surface area contributed by atoms with Crippen LogP contribution in [0.2, 0.25) is 0 Å². The highest BCUT2D eigenvalue weighted by atomic mass is 16.4. The van der Waals surface area contributed by atoms with Crippen LogP contribution in [-0.4, -0.2) is 38.8 Å². The minimum atomic E-state index is -1.18. The lowest BCUT2D eigenvalue weighted by Crippen LogP contribution is -2.33. The number of rotatable bonds is 2. The fourth-order valence-corrected chi connectivity index (χ4v) is 0.961. The second-order valence-corrected chi connectivity index (χ2v) is 3.05. The summed E-state index contributed by atoms with van der Waals surface area (Å²) < 4.78 is 0. The van der Waals surface area contributed by atoms with E-state index in [2.05, 4.69) is 9.97 Å². The number of aromatic nitrogens is 2. The Kier molecular flexibility index (Phi) is 4.43. The van der Waals surface area contributed by atoms with Crippen molar-refractivity contribution < 1.29 is 15.0 Å². The van der Waals surface area contributed by atoms with Crippen LogP contribution in [-0.2, 0) is 4.79 Å². The summed E-state index contributed by atoms with van der Waals surface area (Å²) in [6, 6.07) is 4.83. The maximum Gasteiger partial charge on any atom is 0.322 e. The van der Waals surface area contributed by atoms with Crippen molar-refractivity contribution in [1.82, 2.24) is 9.97 Å². The molecule has 0 amide bonds. The molecule has 2 heterocycles. The summed E-state index contributed by atoms with van der Waals surface area (Å²) in [5.74, 6) is -1.18. The third-order valence-electron chi connectivity index (χ3n) is 1.84. The Hall–Kier alpha value is -1.92. The van der Waals surface area contributed by atoms with Crippen molar-refractivity contribution in [3.05, 3.63) is 30.6 Å². The topological polar surface area (TPSA) is 112 Å². The zero-order valence-electron chi connectivity index (χ0n) is 8.50. The van der Waals surface area contributed by atoms with Crippen LogP contribution in [0.1, 0.15) is 0 Å². The van der Waals surface area contributed by atoms with Gasteiger partial charge in [0.15, 0.2) is 0 Å². The van der Waals surface area contributed by atoms with E-state index in [4.69, 9.17) is 15.9 Å². The van der Waals surface area contributed by atoms with E-state index >= 15 is 0 Å². The number of aromatic amines is 1. The Morgan fingerprint density at radius 2 is 2.31 bits per heavy atom. The van der Waals surface area contributed by atoms with E-state index in [9.17, 15) is 4.79 Å². The average molecular weight is 223 g/mol. The Morgan fingerprint density at radius 3 is 2.81 bits per heavy atom. The van der Waals surface area contributed by atoms with Crippen molar-refractivity contribution in [2.24, 2.45) is 5.73 Å². The number of H-pyrrole nitrogens is 1. The number of nitrogens with zero attached hydrogens (tertiary/aromatic N) is 1. The normalized spacial score (nSPS) is 11.6. The number of aliphatic carboxylic acids is 1. The largest absolute Gasteiger partial charge is 0.480 e. The number of pyridine rings is 1. The van der Waals surface area contributed by atoms with E-state index in [1.54, 1.807) is 6.20 Å². The van der Waals surface area contributed by atoms with Crippen molar-refractivity contribution in [3.63, 3.8) is 0 Å². The first-order chi connectivity index (χ1) is 7.65. The molecule has 5 N–H and O–H groups in total. The molecule has 2 rings (SSSR count). The van der Waals surface area contributed by atoms with Gasteiger partial charge in [-0.05, 0) is 18.2 Å². The molecular weight excluding hydrogens is 210 g/mol. The van der Waals surface area contributed by atoms with Crippen molar-refractivity contribution in [1.29, 1.82) is 0 Å². The van der Waals surface area contributed by atoms with Gasteiger partial charge in [-0.25, -0.2) is 4.98 Å². The first kappa shape index (κ1) is 12.2. The Balaban J connectivity index is 0.000000168. The van der Waals surface area contributed by atoms with Gasteiger partial charge in [-0.1, -0.05) is 0 Å². The predicted molar refractivity (Wildman–Crippen MR) is 58.8 cm³/mol. The Labute approximate surface area is 91.7 Å². The van der Waals surface area contributed by atoms with Gasteiger partial charge in [0, 0.05) is 17.8 Å². The second-order valence-electron chi connectivity index (χ2n) is 3.05. The molecular formula is C10H13N3O3. The number of carboxylic acid groups (broad SMARTS) is 1. The fraction of sp³-hybridized carbons (Fsp3) is 0.200. The van der Waals surface area contributed by atoms with Gasteiger partial charge < -0.3 is 20.9 Å². The third kappa shape index (κ3) is 3.34. The van der Waals surface area contributed by atoms with Crippen molar-refractivity contribution >= 4 is 17.0 Å². The molecule has 16 heavy (non-hydrogen) atoms. The van der Waals surface area contributed by atoms with Crippen LogP contribution in [0, 0.1) is 0 Å². The van der Waals surface area contributed by atoms with E-state index in [0.717, 1.165) is 11.0 Å². The summed E-state index contributed by atoms with van der Waals surface area (Å²) in [6.07, 6.45) is 3.66. The molecule has 2 aromatic rings. The molecule has 0 aliphatic heterocycles. The van der Waals surface area contributed by atoms with Crippen LogP contribution in [0.25, 0.3) is 11.0 Å². The quantitative estimate of drug-likeness (QED) is 0.570. The van der Waals surface area contributed by atoms with Crippen molar-refractivity contribution in [2.45, 2.75) is 6.04 Å². The van der Waals surface area contributed by atoms with Gasteiger partial charge in [0.2, 0.25) is 0 Å². The first-order valence-corrected chi connectivity index (χ1v) is 4.62. The van der Waals surface area contributed by atoms with Gasteiger partial charge in [0.1, 0.15) is 11.7 Å². The molecule has 0 bridgehead atoms. The summed E-state index contributed by atoms with van der Waals surface area (Å²) in [4.78, 5) is 16.7. The number of hydrogen-bond donors (Lipinski definition) is 4. The summed E-state index contributed by atoms with van der Waals surface area (Å²) >= 11 is 0. The molecule has 0 aliphatic carbocycles. The van der Waals surface area contributed by atoms with Gasteiger partial charge in [-0.15, -0.1) is 0 Å². The molecule has 1 atom stereocenters. The van der Waals surface area contributed by atoms with Crippen LogP contribution in [0.5, 0.6) is 0 Å². The lowest BCUT2D eigenvalue weighted by molar-refractivity contribution is -0.139. The van der Waals surface area contributed by atoms with Crippen molar-refractivity contribution in [2.75, 3.05) is 6.61 Å². The molecule has 6 heteroatoms. The van der Waals surface area contributed by atoms with Gasteiger partial charge in [-0.2, -0.15) is 0 Å². The molecule has 0 radical (unpaired) electrons. The number of carbonyl (C=O) groups is 1. The van der Waals surface area contributed by atoms with Crippen molar-refractivity contribution in [3.8, 4) is 0 Å². The fourth-order valence-electron chi connectivity index (χ4n) is 0.961. The van der Waals surface area contributed by atoms with Crippen LogP contribution in [0.3, 0.4) is 0 Å². The predicted octanol–water partition coefficient (Wildman–Crippen LogP) is -0.0465. The molecule has 2 aromatic heterocycles. The van der Waals surface area contributed by atoms with Gasteiger partial charge in [0.05, 0.1) is 6.61 Å². The number of carboxylic acids is 1. The minimum Gasteiger partial charge on any atom is -0.480 e. The summed E-state index contributed by atoms with van der Waals surface area (Å²) in [5.41, 5.74) is 5.72. The van der Waals surface area contributed by atoms with Crippen LogP contribution in [0.4, 0.5) is 0 Å². The van der Waals surface area contributed by atoms with Crippen LogP contribution in [0.15, 0.2) is 30.6 Å². The molecule has 0 aromatic carbocycles. The number of fused-ring (bicyclic) bond motifs is 1. The van der Waals surface area contributed by atoms with E-state index < -0.39 is 18.6 Å². The van der Waals surface area contributed by atoms with Gasteiger partial charge >= 0.3 is 5.97 Å². The monoisotopic (exact) mass is 223 g/mol. The molecule has 6 nitrogen and oxygen atoms in total. The smallest absolute Gasteiger partial charge is 0.322 e. The third-order valence-corrected chi connectivity index (χ3v) is 1.84. The highest BCUT2D eigenvalue weighted by molar-refractivity contribution is 5.74. The maximum atomic E-state index is 9.65. The maximum absolute atomic E-state index is 9.65. The van der Waals surface area contributed by atoms with Gasteiger partial charge in [0.25, 0.3) is 0 Å². The molecule has 0 saturated heterocycles. The Bertz CT molecular complexity index is 425. The molecule has 0 aliphatic rings. The zero-order chi connectivity index (χ0) is 12.0. The van der Waals surface area contributed by atoms with Crippen LogP contribution < -0.4 is 5.73 Å². The minimum absolute atomic E-state index is 0.505. The van der Waals surface area contributed by atoms with E-state index in [-0.39, 0.29) is 0 Å². The van der Waals surface area contributed by atoms with Gasteiger partial charge in [-0.3, -0.25) is 4.79 Å². The SMILES string of the molecule is N[C@@H](CO)C(=O)O.c1cnc2[nH]ccc2c1. The lowest BCUT2D eigenvalue weighted by atomic mass is 10.3. The lowest BCUT2D eigenvalue weighted by Gasteiger charge is -1.96. The van der Waals surface area contributed by atoms with Crippen LogP contribution >= 0.6 is 0 Å². The number of aliphatic hydroxyl groups excluding tert-OH is 1. The molecule has 0 fully saturated rings. The summed E-state index contributed by atoms with van der Waals surface area (Å²) in [7, 11) is 0. The second kappa shape index (κ2) is 5.84. The molecule has 86 valence electrons. The standard InChI is InChI=1S/C7H6N2.C3H7NO3/c1-2-6-3-5-9-7(6)8-4-1;4-2(1-5)3(6)7/h1-5H,(H,8,9);2,5H,1,4H2,(H,6,7)/t;2-/m.0/s1. The van der Waals surface area contributed by atoms with E-state index in [0.29, 0.717) is 0 Å². The first-order valence-electron chi connectivity index (χ1n) is 4.62. The highest BCUT2D eigenvalue weighted by Crippen LogP contribution is 2.05. The molecule has 0 saturated carbocycles. The number of nitrogens with one attached hydrogen (secondary N) is 1. The average Bonchev–Trinajstić information content (AvgIpc) is 2.76. The van der Waals surface area contributed by atoms with E-state index in [1.165, 1.54) is 0 Å². The molecule has 0 unspecified atom stereocenters. The zero-order valence-corrected chi connectivity index (χ0v) is 8.50. The Morgan fingerprint density at radius 1 is 1.56 bits per heavy atom. The number of aliphatic hydroxyl groups is 1. The summed E-state index contributed by atoms with van der Waals surface area (Å²) in [5, 5.41) is 17.1. The number of hydrogen-bond acceptors (Lipinski definition) is 4. The molecule has 0 spiro atoms.